The van der Waals surface area contributed by atoms with Crippen molar-refractivity contribution in [2.45, 2.75) is 57.5 Å². The van der Waals surface area contributed by atoms with Gasteiger partial charge < -0.3 is 14.1 Å². The SMILES string of the molecule is Cc1ccnc2nc(C(=O)OCC(=O)N(Cc3ccco3)C34CC5CC(CC(C5)C3)C4)nn12. The Morgan fingerprint density at radius 2 is 1.91 bits per heavy atom. The van der Waals surface area contributed by atoms with Crippen LogP contribution in [0.15, 0.2) is 35.1 Å². The fourth-order valence-electron chi connectivity index (χ4n) is 6.74. The normalized spacial score (nSPS) is 27.7. The van der Waals surface area contributed by atoms with E-state index in [1.54, 1.807) is 18.5 Å². The number of ether oxygens (including phenoxy) is 1. The van der Waals surface area contributed by atoms with Crippen molar-refractivity contribution >= 4 is 17.7 Å². The van der Waals surface area contributed by atoms with E-state index in [1.807, 2.05) is 24.0 Å². The van der Waals surface area contributed by atoms with Gasteiger partial charge in [-0.1, -0.05) is 0 Å². The minimum absolute atomic E-state index is 0.100. The predicted molar refractivity (Wildman–Crippen MR) is 116 cm³/mol. The van der Waals surface area contributed by atoms with Crippen molar-refractivity contribution in [3.8, 4) is 0 Å². The van der Waals surface area contributed by atoms with Gasteiger partial charge in [-0.2, -0.15) is 4.98 Å². The fourth-order valence-corrected chi connectivity index (χ4v) is 6.74. The van der Waals surface area contributed by atoms with Crippen LogP contribution in [0.25, 0.3) is 5.78 Å². The molecule has 3 heterocycles. The van der Waals surface area contributed by atoms with Crippen molar-refractivity contribution < 1.29 is 18.7 Å². The number of hydrogen-bond donors (Lipinski definition) is 0. The van der Waals surface area contributed by atoms with Crippen LogP contribution >= 0.6 is 0 Å². The highest BCUT2D eigenvalue weighted by Crippen LogP contribution is 2.58. The molecule has 4 aliphatic carbocycles. The number of aryl methyl sites for hydroxylation is 1. The first kappa shape index (κ1) is 20.4. The topological polar surface area (TPSA) is 103 Å². The Morgan fingerprint density at radius 3 is 2.55 bits per heavy atom. The van der Waals surface area contributed by atoms with Crippen LogP contribution in [0.2, 0.25) is 0 Å². The first-order valence-corrected chi connectivity index (χ1v) is 11.7. The molecule has 0 saturated heterocycles. The maximum Gasteiger partial charge on any atom is 0.378 e. The van der Waals surface area contributed by atoms with Crippen LogP contribution in [-0.2, 0) is 16.1 Å². The maximum absolute atomic E-state index is 13.5. The second-order valence-electron chi connectivity index (χ2n) is 10.0. The molecule has 0 aliphatic heterocycles. The van der Waals surface area contributed by atoms with Gasteiger partial charge in [-0.05, 0) is 81.4 Å². The molecule has 4 fully saturated rings. The number of rotatable bonds is 6. The Kier molecular flexibility index (Phi) is 4.74. The third-order valence-electron chi connectivity index (χ3n) is 7.71. The summed E-state index contributed by atoms with van der Waals surface area (Å²) < 4.78 is 12.5. The van der Waals surface area contributed by atoms with Crippen molar-refractivity contribution in [1.29, 1.82) is 0 Å². The molecular weight excluding hydrogens is 422 g/mol. The average molecular weight is 450 g/mol. The van der Waals surface area contributed by atoms with Gasteiger partial charge in [0.1, 0.15) is 5.76 Å². The van der Waals surface area contributed by atoms with Crippen molar-refractivity contribution in [3.05, 3.63) is 47.9 Å². The summed E-state index contributed by atoms with van der Waals surface area (Å²) in [6.45, 7) is 1.90. The van der Waals surface area contributed by atoms with Gasteiger partial charge in [0.05, 0.1) is 12.8 Å². The molecule has 9 heteroatoms. The van der Waals surface area contributed by atoms with E-state index in [0.29, 0.717) is 30.1 Å². The molecule has 172 valence electrons. The minimum atomic E-state index is -0.725. The number of esters is 1. The Bertz CT molecular complexity index is 1170. The summed E-state index contributed by atoms with van der Waals surface area (Å²) in [5.74, 6) is 2.10. The van der Waals surface area contributed by atoms with Gasteiger partial charge in [0.2, 0.25) is 0 Å². The van der Waals surface area contributed by atoms with Gasteiger partial charge in [0.25, 0.3) is 17.5 Å². The largest absolute Gasteiger partial charge is 0.467 e. The minimum Gasteiger partial charge on any atom is -0.467 e. The second kappa shape index (κ2) is 7.67. The van der Waals surface area contributed by atoms with E-state index in [4.69, 9.17) is 9.15 Å². The summed E-state index contributed by atoms with van der Waals surface area (Å²) >= 11 is 0. The number of hydrogen-bond acceptors (Lipinski definition) is 7. The van der Waals surface area contributed by atoms with Crippen LogP contribution in [-0.4, -0.2) is 48.5 Å². The number of fused-ring (bicyclic) bond motifs is 1. The van der Waals surface area contributed by atoms with Crippen molar-refractivity contribution in [2.75, 3.05) is 6.61 Å². The highest BCUT2D eigenvalue weighted by atomic mass is 16.5. The number of carbonyl (C=O) groups is 2. The highest BCUT2D eigenvalue weighted by molar-refractivity contribution is 5.88. The predicted octanol–water partition coefficient (Wildman–Crippen LogP) is 3.18. The van der Waals surface area contributed by atoms with Gasteiger partial charge in [-0.3, -0.25) is 4.79 Å². The lowest BCUT2D eigenvalue weighted by Gasteiger charge is -2.60. The van der Waals surface area contributed by atoms with Crippen LogP contribution in [0.5, 0.6) is 0 Å². The average Bonchev–Trinajstić information content (AvgIpc) is 3.45. The van der Waals surface area contributed by atoms with Crippen LogP contribution in [0, 0.1) is 24.7 Å². The highest BCUT2D eigenvalue weighted by Gasteiger charge is 2.54. The monoisotopic (exact) mass is 449 g/mol. The third kappa shape index (κ3) is 3.59. The maximum atomic E-state index is 13.5. The molecular formula is C24H27N5O4. The van der Waals surface area contributed by atoms with Crippen molar-refractivity contribution in [1.82, 2.24) is 24.5 Å². The Labute approximate surface area is 191 Å². The Morgan fingerprint density at radius 1 is 1.18 bits per heavy atom. The number of furan rings is 1. The standard InChI is InChI=1S/C24H27N5O4/c1-15-4-5-25-23-26-21(27-29(15)23)22(31)33-14-20(30)28(13-19-3-2-6-32-19)24-10-16-7-17(11-24)9-18(8-16)12-24/h2-6,16-18H,7-14H2,1H3. The van der Waals surface area contributed by atoms with E-state index < -0.39 is 5.97 Å². The van der Waals surface area contributed by atoms with E-state index in [9.17, 15) is 9.59 Å². The fraction of sp³-hybridized carbons (Fsp3) is 0.542. The zero-order valence-electron chi connectivity index (χ0n) is 18.6. The van der Waals surface area contributed by atoms with Gasteiger partial charge in [-0.15, -0.1) is 5.10 Å². The summed E-state index contributed by atoms with van der Waals surface area (Å²) in [7, 11) is 0. The Balaban J connectivity index is 1.21. The number of nitrogens with zero attached hydrogens (tertiary/aromatic N) is 5. The van der Waals surface area contributed by atoms with Crippen LogP contribution in [0.3, 0.4) is 0 Å². The first-order chi connectivity index (χ1) is 16.0. The van der Waals surface area contributed by atoms with Crippen LogP contribution < -0.4 is 0 Å². The molecule has 0 spiro atoms. The molecule has 4 saturated carbocycles. The number of aromatic nitrogens is 4. The molecule has 4 aliphatic rings. The number of carbonyl (C=O) groups excluding carboxylic acids is 2. The molecule has 7 rings (SSSR count). The smallest absolute Gasteiger partial charge is 0.378 e. The van der Waals surface area contributed by atoms with E-state index in [-0.39, 0.29) is 23.9 Å². The lowest BCUT2D eigenvalue weighted by atomic mass is 9.52. The molecule has 3 aromatic heterocycles. The molecule has 33 heavy (non-hydrogen) atoms. The summed E-state index contributed by atoms with van der Waals surface area (Å²) in [5, 5.41) is 4.18. The lowest BCUT2D eigenvalue weighted by molar-refractivity contribution is -0.156. The summed E-state index contributed by atoms with van der Waals surface area (Å²) in [5.41, 5.74) is 0.627. The van der Waals surface area contributed by atoms with Crippen LogP contribution in [0.1, 0.15) is 60.6 Å². The van der Waals surface area contributed by atoms with E-state index in [0.717, 1.165) is 30.7 Å². The molecule has 0 aromatic carbocycles. The quantitative estimate of drug-likeness (QED) is 0.533. The molecule has 0 N–H and O–H groups in total. The van der Waals surface area contributed by atoms with Gasteiger partial charge in [0, 0.05) is 17.4 Å². The van der Waals surface area contributed by atoms with E-state index >= 15 is 0 Å². The van der Waals surface area contributed by atoms with E-state index in [1.165, 1.54) is 23.8 Å². The van der Waals surface area contributed by atoms with Crippen molar-refractivity contribution in [3.63, 3.8) is 0 Å². The third-order valence-corrected chi connectivity index (χ3v) is 7.71. The van der Waals surface area contributed by atoms with E-state index in [2.05, 4.69) is 15.1 Å². The van der Waals surface area contributed by atoms with Gasteiger partial charge in [-0.25, -0.2) is 14.3 Å². The zero-order chi connectivity index (χ0) is 22.6. The molecule has 3 aromatic rings. The molecule has 0 radical (unpaired) electrons. The summed E-state index contributed by atoms with van der Waals surface area (Å²) in [6.07, 6.45) is 10.2. The molecule has 1 amide bonds. The zero-order valence-corrected chi connectivity index (χ0v) is 18.6. The first-order valence-electron chi connectivity index (χ1n) is 11.7. The second-order valence-corrected chi connectivity index (χ2v) is 10.0. The molecule has 4 bridgehead atoms. The lowest BCUT2D eigenvalue weighted by Crippen LogP contribution is -2.61. The van der Waals surface area contributed by atoms with Gasteiger partial charge in [0.15, 0.2) is 6.61 Å². The summed E-state index contributed by atoms with van der Waals surface area (Å²) in [6, 6.07) is 5.50. The van der Waals surface area contributed by atoms with Crippen LogP contribution in [0.4, 0.5) is 0 Å². The molecule has 0 unspecified atom stereocenters. The molecule has 0 atom stereocenters. The Hall–Kier alpha value is -3.23. The number of amides is 1. The van der Waals surface area contributed by atoms with Gasteiger partial charge >= 0.3 is 5.97 Å². The summed E-state index contributed by atoms with van der Waals surface area (Å²) in [4.78, 5) is 36.3. The van der Waals surface area contributed by atoms with Crippen molar-refractivity contribution in [2.24, 2.45) is 17.8 Å². The molecule has 9 nitrogen and oxygen atoms in total.